The van der Waals surface area contributed by atoms with E-state index in [4.69, 9.17) is 0 Å². The van der Waals surface area contributed by atoms with Gasteiger partial charge < -0.3 is 5.11 Å². The van der Waals surface area contributed by atoms with E-state index in [0.717, 1.165) is 0 Å². The number of hydrogen-bond acceptors (Lipinski definition) is 5. The second-order valence-electron chi connectivity index (χ2n) is 5.72. The van der Waals surface area contributed by atoms with Crippen LogP contribution in [0.2, 0.25) is 0 Å². The van der Waals surface area contributed by atoms with Crippen LogP contribution in [0, 0.1) is 0 Å². The Hall–Kier alpha value is -3.07. The van der Waals surface area contributed by atoms with Crippen molar-refractivity contribution in [2.24, 2.45) is 0 Å². The summed E-state index contributed by atoms with van der Waals surface area (Å²) in [6.45, 7) is 0.372. The van der Waals surface area contributed by atoms with Gasteiger partial charge in [0.2, 0.25) is 10.0 Å². The van der Waals surface area contributed by atoms with Crippen molar-refractivity contribution in [1.29, 1.82) is 0 Å². The van der Waals surface area contributed by atoms with Crippen LogP contribution in [0.15, 0.2) is 48.5 Å². The van der Waals surface area contributed by atoms with Crippen molar-refractivity contribution in [3.63, 3.8) is 0 Å². The van der Waals surface area contributed by atoms with Gasteiger partial charge in [0.25, 0.3) is 11.8 Å². The van der Waals surface area contributed by atoms with Crippen LogP contribution in [-0.4, -0.2) is 37.6 Å². The zero-order valence-corrected chi connectivity index (χ0v) is 14.5. The first kappa shape index (κ1) is 17.7. The van der Waals surface area contributed by atoms with E-state index in [2.05, 4.69) is 10.9 Å². The summed E-state index contributed by atoms with van der Waals surface area (Å²) in [6.07, 6.45) is 0.537. The molecule has 1 saturated heterocycles. The van der Waals surface area contributed by atoms with Crippen molar-refractivity contribution in [3.8, 4) is 5.75 Å². The summed E-state index contributed by atoms with van der Waals surface area (Å²) in [5.74, 6) is -1.40. The standard InChI is InChI=1S/C17H17N3O5S/c21-15-8-2-1-7-14(15)17(23)19-18-16(22)12-5-3-6-13(11-12)20-9-4-10-26(20,24)25/h1-3,5-8,11,21H,4,9-10H2,(H,18,22)(H,19,23). The molecule has 136 valence electrons. The van der Waals surface area contributed by atoms with Crippen molar-refractivity contribution in [1.82, 2.24) is 10.9 Å². The van der Waals surface area contributed by atoms with Crippen LogP contribution >= 0.6 is 0 Å². The van der Waals surface area contributed by atoms with E-state index in [9.17, 15) is 23.1 Å². The van der Waals surface area contributed by atoms with E-state index in [1.54, 1.807) is 24.3 Å². The van der Waals surface area contributed by atoms with Gasteiger partial charge in [0.1, 0.15) is 5.75 Å². The molecule has 0 aromatic heterocycles. The number of amides is 2. The van der Waals surface area contributed by atoms with Gasteiger partial charge in [0, 0.05) is 12.1 Å². The lowest BCUT2D eigenvalue weighted by molar-refractivity contribution is 0.0845. The van der Waals surface area contributed by atoms with Gasteiger partial charge in [-0.3, -0.25) is 24.7 Å². The number of sulfonamides is 1. The Bertz CT molecular complexity index is 958. The smallest absolute Gasteiger partial charge is 0.273 e. The molecular formula is C17H17N3O5S. The van der Waals surface area contributed by atoms with E-state index in [-0.39, 0.29) is 22.6 Å². The molecule has 1 aliphatic rings. The van der Waals surface area contributed by atoms with Crippen LogP contribution in [0.4, 0.5) is 5.69 Å². The molecule has 8 nitrogen and oxygen atoms in total. The number of phenolic OH excluding ortho intramolecular Hbond substituents is 1. The van der Waals surface area contributed by atoms with E-state index < -0.39 is 21.8 Å². The SMILES string of the molecule is O=C(NNC(=O)c1ccccc1O)c1cccc(N2CCCS2(=O)=O)c1. The van der Waals surface area contributed by atoms with Gasteiger partial charge >= 0.3 is 0 Å². The van der Waals surface area contributed by atoms with Gasteiger partial charge in [0.05, 0.1) is 17.0 Å². The maximum atomic E-state index is 12.2. The molecular weight excluding hydrogens is 358 g/mol. The molecule has 3 N–H and O–H groups in total. The van der Waals surface area contributed by atoms with Crippen molar-refractivity contribution in [3.05, 3.63) is 59.7 Å². The minimum absolute atomic E-state index is 0.0183. The monoisotopic (exact) mass is 375 g/mol. The average Bonchev–Trinajstić information content (AvgIpc) is 2.99. The molecule has 26 heavy (non-hydrogen) atoms. The van der Waals surface area contributed by atoms with Crippen LogP contribution in [0.5, 0.6) is 5.75 Å². The number of para-hydroxylation sites is 1. The molecule has 0 atom stereocenters. The summed E-state index contributed by atoms with van der Waals surface area (Å²) in [5, 5.41) is 9.63. The number of carbonyl (C=O) groups is 2. The van der Waals surface area contributed by atoms with Gasteiger partial charge in [-0.05, 0) is 36.8 Å². The third kappa shape index (κ3) is 3.62. The van der Waals surface area contributed by atoms with Gasteiger partial charge in [-0.25, -0.2) is 8.42 Å². The first-order valence-corrected chi connectivity index (χ1v) is 9.48. The molecule has 3 rings (SSSR count). The van der Waals surface area contributed by atoms with Gasteiger partial charge in [-0.15, -0.1) is 0 Å². The van der Waals surface area contributed by atoms with Crippen LogP contribution in [-0.2, 0) is 10.0 Å². The lowest BCUT2D eigenvalue weighted by atomic mass is 10.2. The van der Waals surface area contributed by atoms with Crippen LogP contribution in [0.25, 0.3) is 0 Å². The van der Waals surface area contributed by atoms with Crippen LogP contribution in [0.1, 0.15) is 27.1 Å². The zero-order valence-electron chi connectivity index (χ0n) is 13.7. The van der Waals surface area contributed by atoms with E-state index in [1.165, 1.54) is 28.6 Å². The molecule has 2 aromatic carbocycles. The number of nitrogens with zero attached hydrogens (tertiary/aromatic N) is 1. The topological polar surface area (TPSA) is 116 Å². The Labute approximate surface area is 150 Å². The lowest BCUT2D eigenvalue weighted by Gasteiger charge is -2.17. The van der Waals surface area contributed by atoms with Crippen molar-refractivity contribution >= 4 is 27.5 Å². The average molecular weight is 375 g/mol. The molecule has 0 unspecified atom stereocenters. The molecule has 2 aromatic rings. The second-order valence-corrected chi connectivity index (χ2v) is 7.73. The normalized spacial score (nSPS) is 15.5. The Kier molecular flexibility index (Phi) is 4.81. The van der Waals surface area contributed by atoms with Gasteiger partial charge in [-0.2, -0.15) is 0 Å². The number of phenols is 1. The first-order valence-electron chi connectivity index (χ1n) is 7.87. The van der Waals surface area contributed by atoms with E-state index in [0.29, 0.717) is 18.7 Å². The number of rotatable bonds is 3. The molecule has 9 heteroatoms. The molecule has 2 amide bonds. The number of carbonyl (C=O) groups excluding carboxylic acids is 2. The minimum Gasteiger partial charge on any atom is -0.507 e. The third-order valence-corrected chi connectivity index (χ3v) is 5.80. The fourth-order valence-electron chi connectivity index (χ4n) is 2.65. The highest BCUT2D eigenvalue weighted by molar-refractivity contribution is 7.93. The lowest BCUT2D eigenvalue weighted by Crippen LogP contribution is -2.41. The largest absolute Gasteiger partial charge is 0.507 e. The summed E-state index contributed by atoms with van der Waals surface area (Å²) in [6, 6.07) is 12.1. The Morgan fingerprint density at radius 2 is 1.73 bits per heavy atom. The Balaban J connectivity index is 1.70. The predicted molar refractivity (Wildman–Crippen MR) is 95.2 cm³/mol. The highest BCUT2D eigenvalue weighted by Crippen LogP contribution is 2.24. The fraction of sp³-hybridized carbons (Fsp3) is 0.176. The number of anilines is 1. The number of benzene rings is 2. The number of aromatic hydroxyl groups is 1. The highest BCUT2D eigenvalue weighted by Gasteiger charge is 2.28. The van der Waals surface area contributed by atoms with Crippen molar-refractivity contribution < 1.29 is 23.1 Å². The van der Waals surface area contributed by atoms with E-state index >= 15 is 0 Å². The van der Waals surface area contributed by atoms with Gasteiger partial charge in [-0.1, -0.05) is 18.2 Å². The molecule has 0 aliphatic carbocycles. The van der Waals surface area contributed by atoms with Crippen molar-refractivity contribution in [2.45, 2.75) is 6.42 Å². The molecule has 0 spiro atoms. The van der Waals surface area contributed by atoms with E-state index in [1.807, 2.05) is 0 Å². The fourth-order valence-corrected chi connectivity index (χ4v) is 4.21. The molecule has 1 fully saturated rings. The van der Waals surface area contributed by atoms with Crippen molar-refractivity contribution in [2.75, 3.05) is 16.6 Å². The Morgan fingerprint density at radius 1 is 1.00 bits per heavy atom. The maximum Gasteiger partial charge on any atom is 0.273 e. The van der Waals surface area contributed by atoms with Gasteiger partial charge in [0.15, 0.2) is 0 Å². The second kappa shape index (κ2) is 7.04. The molecule has 1 heterocycles. The minimum atomic E-state index is -3.35. The number of hydrogen-bond donors (Lipinski definition) is 3. The molecule has 0 radical (unpaired) electrons. The number of nitrogens with one attached hydrogen (secondary N) is 2. The summed E-state index contributed by atoms with van der Waals surface area (Å²) >= 11 is 0. The molecule has 1 aliphatic heterocycles. The maximum absolute atomic E-state index is 12.2. The summed E-state index contributed by atoms with van der Waals surface area (Å²) in [7, 11) is -3.35. The predicted octanol–water partition coefficient (Wildman–Crippen LogP) is 1.01. The number of hydrazine groups is 1. The first-order chi connectivity index (χ1) is 12.4. The summed E-state index contributed by atoms with van der Waals surface area (Å²) in [5.41, 5.74) is 5.08. The molecule has 0 saturated carbocycles. The third-order valence-electron chi connectivity index (χ3n) is 3.93. The quantitative estimate of drug-likeness (QED) is 0.693. The highest BCUT2D eigenvalue weighted by atomic mass is 32.2. The summed E-state index contributed by atoms with van der Waals surface area (Å²) < 4.78 is 25.3. The summed E-state index contributed by atoms with van der Waals surface area (Å²) in [4.78, 5) is 24.2. The molecule has 0 bridgehead atoms. The Morgan fingerprint density at radius 3 is 2.42 bits per heavy atom. The zero-order chi connectivity index (χ0) is 18.7. The van der Waals surface area contributed by atoms with Crippen LogP contribution < -0.4 is 15.2 Å². The van der Waals surface area contributed by atoms with Crippen LogP contribution in [0.3, 0.4) is 0 Å².